The number of aromatic amines is 1. The van der Waals surface area contributed by atoms with Crippen LogP contribution < -0.4 is 5.56 Å². The first-order chi connectivity index (χ1) is 11.5. The maximum atomic E-state index is 13.2. The minimum Gasteiger partial charge on any atom is -0.444 e. The molecule has 25 heavy (non-hydrogen) atoms. The Bertz CT molecular complexity index is 651. The molecule has 0 aromatic carbocycles. The van der Waals surface area contributed by atoms with Crippen LogP contribution >= 0.6 is 0 Å². The lowest BCUT2D eigenvalue weighted by atomic mass is 9.87. The number of nitrogens with one attached hydrogen (secondary N) is 1. The zero-order chi connectivity index (χ0) is 18.8. The first kappa shape index (κ1) is 19.5. The van der Waals surface area contributed by atoms with Gasteiger partial charge in [0, 0.05) is 32.5 Å². The summed E-state index contributed by atoms with van der Waals surface area (Å²) in [6.45, 7) is 5.95. The SMILES string of the molecule is CN(Cc1cc(=O)n(CC2CCC(F)(F)CC2)[nH]1)C(=O)OC(C)(C)C. The van der Waals surface area contributed by atoms with Gasteiger partial charge in [-0.1, -0.05) is 0 Å². The van der Waals surface area contributed by atoms with E-state index in [-0.39, 0.29) is 30.9 Å². The minimum atomic E-state index is -2.57. The molecule has 1 aromatic heterocycles. The van der Waals surface area contributed by atoms with E-state index in [2.05, 4.69) is 5.10 Å². The Morgan fingerprint density at radius 2 is 2.00 bits per heavy atom. The van der Waals surface area contributed by atoms with Gasteiger partial charge in [-0.2, -0.15) is 0 Å². The zero-order valence-electron chi connectivity index (χ0n) is 15.3. The minimum absolute atomic E-state index is 0.0624. The van der Waals surface area contributed by atoms with Crippen molar-refractivity contribution in [1.82, 2.24) is 14.7 Å². The van der Waals surface area contributed by atoms with Crippen molar-refractivity contribution in [3.05, 3.63) is 22.1 Å². The summed E-state index contributed by atoms with van der Waals surface area (Å²) in [5, 5.41) is 2.97. The van der Waals surface area contributed by atoms with Gasteiger partial charge in [0.1, 0.15) is 5.60 Å². The normalized spacial score (nSPS) is 18.2. The van der Waals surface area contributed by atoms with Crippen molar-refractivity contribution in [2.45, 2.75) is 71.1 Å². The maximum absolute atomic E-state index is 13.2. The van der Waals surface area contributed by atoms with Crippen LogP contribution in [0.2, 0.25) is 0 Å². The highest BCUT2D eigenvalue weighted by Gasteiger charge is 2.35. The highest BCUT2D eigenvalue weighted by Crippen LogP contribution is 2.36. The average Bonchev–Trinajstić information content (AvgIpc) is 2.79. The number of ether oxygens (including phenoxy) is 1. The van der Waals surface area contributed by atoms with Crippen LogP contribution in [0, 0.1) is 5.92 Å². The first-order valence-corrected chi connectivity index (χ1v) is 8.56. The van der Waals surface area contributed by atoms with Gasteiger partial charge >= 0.3 is 6.09 Å². The number of rotatable bonds is 4. The Balaban J connectivity index is 1.94. The fourth-order valence-corrected chi connectivity index (χ4v) is 2.90. The fourth-order valence-electron chi connectivity index (χ4n) is 2.90. The summed E-state index contributed by atoms with van der Waals surface area (Å²) < 4.78 is 33.1. The van der Waals surface area contributed by atoms with Crippen molar-refractivity contribution >= 4 is 6.09 Å². The van der Waals surface area contributed by atoms with Crippen LogP contribution in [0.4, 0.5) is 13.6 Å². The molecular formula is C17H27F2N3O3. The molecule has 2 rings (SSSR count). The molecule has 1 aliphatic rings. The number of amides is 1. The van der Waals surface area contributed by atoms with Crippen LogP contribution in [0.1, 0.15) is 52.1 Å². The number of halogens is 2. The molecule has 0 aliphatic heterocycles. The van der Waals surface area contributed by atoms with E-state index < -0.39 is 17.6 Å². The fraction of sp³-hybridized carbons (Fsp3) is 0.765. The second-order valence-corrected chi connectivity index (χ2v) is 7.87. The van der Waals surface area contributed by atoms with Crippen molar-refractivity contribution < 1.29 is 18.3 Å². The third-order valence-electron chi connectivity index (χ3n) is 4.23. The van der Waals surface area contributed by atoms with Crippen molar-refractivity contribution in [2.75, 3.05) is 7.05 Å². The van der Waals surface area contributed by atoms with Crippen LogP contribution in [0.25, 0.3) is 0 Å². The number of H-pyrrole nitrogens is 1. The highest BCUT2D eigenvalue weighted by molar-refractivity contribution is 5.67. The van der Waals surface area contributed by atoms with Gasteiger partial charge in [0.2, 0.25) is 5.92 Å². The quantitative estimate of drug-likeness (QED) is 0.896. The molecule has 142 valence electrons. The molecular weight excluding hydrogens is 332 g/mol. The van der Waals surface area contributed by atoms with Gasteiger partial charge in [0.15, 0.2) is 0 Å². The number of hydrogen-bond acceptors (Lipinski definition) is 3. The van der Waals surface area contributed by atoms with Gasteiger partial charge < -0.3 is 9.64 Å². The molecule has 1 heterocycles. The van der Waals surface area contributed by atoms with E-state index in [0.717, 1.165) is 0 Å². The van der Waals surface area contributed by atoms with Gasteiger partial charge in [0.05, 0.1) is 12.2 Å². The second kappa shape index (κ2) is 7.17. The van der Waals surface area contributed by atoms with Crippen LogP contribution in [0.3, 0.4) is 0 Å². The third-order valence-corrected chi connectivity index (χ3v) is 4.23. The molecule has 0 spiro atoms. The average molecular weight is 359 g/mol. The standard InChI is InChI=1S/C17H27F2N3O3/c1-16(2,3)25-15(24)21(4)11-13-9-14(23)22(20-13)10-12-5-7-17(18,19)8-6-12/h9,12,20H,5-8,10-11H2,1-4H3. The van der Waals surface area contributed by atoms with Gasteiger partial charge in [-0.05, 0) is 39.5 Å². The van der Waals surface area contributed by atoms with E-state index in [1.165, 1.54) is 15.6 Å². The van der Waals surface area contributed by atoms with Crippen LogP contribution in [-0.4, -0.2) is 39.3 Å². The van der Waals surface area contributed by atoms with E-state index in [4.69, 9.17) is 4.74 Å². The summed E-state index contributed by atoms with van der Waals surface area (Å²) in [6, 6.07) is 1.43. The van der Waals surface area contributed by atoms with E-state index in [1.807, 2.05) is 0 Å². The van der Waals surface area contributed by atoms with E-state index in [1.54, 1.807) is 27.8 Å². The van der Waals surface area contributed by atoms with Crippen molar-refractivity contribution in [2.24, 2.45) is 5.92 Å². The molecule has 6 nitrogen and oxygen atoms in total. The van der Waals surface area contributed by atoms with Crippen LogP contribution in [0.5, 0.6) is 0 Å². The van der Waals surface area contributed by atoms with Gasteiger partial charge in [0.25, 0.3) is 5.56 Å². The van der Waals surface area contributed by atoms with Crippen molar-refractivity contribution in [3.8, 4) is 0 Å². The molecule has 1 fully saturated rings. The third kappa shape index (κ3) is 5.86. The lowest BCUT2D eigenvalue weighted by Gasteiger charge is -2.28. The van der Waals surface area contributed by atoms with Crippen molar-refractivity contribution in [3.63, 3.8) is 0 Å². The number of alkyl halides is 2. The Hall–Kier alpha value is -1.86. The topological polar surface area (TPSA) is 67.3 Å². The molecule has 8 heteroatoms. The Labute approximate surface area is 146 Å². The van der Waals surface area contributed by atoms with Gasteiger partial charge in [-0.3, -0.25) is 14.6 Å². The molecule has 0 unspecified atom stereocenters. The Kier molecular flexibility index (Phi) is 5.58. The van der Waals surface area contributed by atoms with Crippen LogP contribution in [0.15, 0.2) is 10.9 Å². The molecule has 0 bridgehead atoms. The predicted molar refractivity (Wildman–Crippen MR) is 89.7 cm³/mol. The maximum Gasteiger partial charge on any atom is 0.410 e. The first-order valence-electron chi connectivity index (χ1n) is 8.56. The molecule has 0 radical (unpaired) electrons. The molecule has 0 atom stereocenters. The zero-order valence-corrected chi connectivity index (χ0v) is 15.3. The highest BCUT2D eigenvalue weighted by atomic mass is 19.3. The summed E-state index contributed by atoms with van der Waals surface area (Å²) in [4.78, 5) is 25.4. The molecule has 1 amide bonds. The summed E-state index contributed by atoms with van der Waals surface area (Å²) in [5.41, 5.74) is -0.224. The molecule has 1 saturated carbocycles. The summed E-state index contributed by atoms with van der Waals surface area (Å²) in [6.07, 6.45) is 0.0931. The number of aromatic nitrogens is 2. The van der Waals surface area contributed by atoms with Gasteiger partial charge in [-0.25, -0.2) is 13.6 Å². The monoisotopic (exact) mass is 359 g/mol. The Morgan fingerprint density at radius 1 is 1.40 bits per heavy atom. The van der Waals surface area contributed by atoms with Crippen LogP contribution in [-0.2, 0) is 17.8 Å². The summed E-state index contributed by atoms with van der Waals surface area (Å²) in [7, 11) is 1.59. The lowest BCUT2D eigenvalue weighted by molar-refractivity contribution is -0.0477. The molecule has 0 saturated heterocycles. The number of carbonyl (C=O) groups excluding carboxylic acids is 1. The smallest absolute Gasteiger partial charge is 0.410 e. The largest absolute Gasteiger partial charge is 0.444 e. The number of hydrogen-bond donors (Lipinski definition) is 1. The molecule has 1 aliphatic carbocycles. The predicted octanol–water partition coefficient (Wildman–Crippen LogP) is 3.37. The molecule has 1 aromatic rings. The number of nitrogens with zero attached hydrogens (tertiary/aromatic N) is 2. The van der Waals surface area contributed by atoms with E-state index in [0.29, 0.717) is 25.1 Å². The van der Waals surface area contributed by atoms with Gasteiger partial charge in [-0.15, -0.1) is 0 Å². The lowest BCUT2D eigenvalue weighted by Crippen LogP contribution is -2.34. The van der Waals surface area contributed by atoms with E-state index in [9.17, 15) is 18.4 Å². The Morgan fingerprint density at radius 3 is 2.56 bits per heavy atom. The molecule has 1 N–H and O–H groups in total. The van der Waals surface area contributed by atoms with E-state index >= 15 is 0 Å². The summed E-state index contributed by atoms with van der Waals surface area (Å²) >= 11 is 0. The number of carbonyl (C=O) groups is 1. The van der Waals surface area contributed by atoms with Crippen molar-refractivity contribution in [1.29, 1.82) is 0 Å². The summed E-state index contributed by atoms with van der Waals surface area (Å²) in [5.74, 6) is -2.51. The second-order valence-electron chi connectivity index (χ2n) is 7.87.